The Morgan fingerprint density at radius 1 is 1.35 bits per heavy atom. The number of sulfonamides is 1. The number of amides is 1. The highest BCUT2D eigenvalue weighted by Gasteiger charge is 2.32. The zero-order valence-corrected chi connectivity index (χ0v) is 14.9. The molecule has 1 saturated heterocycles. The van der Waals surface area contributed by atoms with Crippen molar-refractivity contribution < 1.29 is 13.2 Å². The van der Waals surface area contributed by atoms with Gasteiger partial charge in [0, 0.05) is 24.7 Å². The fraction of sp³-hybridized carbons (Fsp3) is 0.562. The van der Waals surface area contributed by atoms with Crippen LogP contribution in [0.2, 0.25) is 5.02 Å². The molecule has 128 valence electrons. The van der Waals surface area contributed by atoms with Crippen molar-refractivity contribution in [1.82, 2.24) is 9.62 Å². The van der Waals surface area contributed by atoms with E-state index >= 15 is 0 Å². The number of benzene rings is 1. The average molecular weight is 359 g/mol. The molecule has 0 saturated carbocycles. The average Bonchev–Trinajstić information content (AvgIpc) is 2.54. The molecule has 0 aromatic heterocycles. The number of piperidine rings is 1. The van der Waals surface area contributed by atoms with Crippen molar-refractivity contribution >= 4 is 27.5 Å². The molecule has 1 atom stereocenters. The maximum atomic E-state index is 12.6. The summed E-state index contributed by atoms with van der Waals surface area (Å²) >= 11 is 5.82. The van der Waals surface area contributed by atoms with E-state index in [2.05, 4.69) is 5.32 Å². The van der Waals surface area contributed by atoms with Gasteiger partial charge in [-0.1, -0.05) is 30.7 Å². The fourth-order valence-electron chi connectivity index (χ4n) is 2.68. The molecule has 1 N–H and O–H groups in total. The summed E-state index contributed by atoms with van der Waals surface area (Å²) in [5.41, 5.74) is 0.701. The Labute approximate surface area is 143 Å². The number of nitrogens with zero attached hydrogens (tertiary/aromatic N) is 1. The molecule has 0 bridgehead atoms. The van der Waals surface area contributed by atoms with Crippen LogP contribution in [0.5, 0.6) is 0 Å². The first kappa shape index (κ1) is 18.2. The van der Waals surface area contributed by atoms with E-state index in [1.165, 1.54) is 4.31 Å². The van der Waals surface area contributed by atoms with Gasteiger partial charge in [-0.15, -0.1) is 0 Å². The summed E-state index contributed by atoms with van der Waals surface area (Å²) < 4.78 is 26.6. The Balaban J connectivity index is 2.01. The predicted octanol–water partition coefficient (Wildman–Crippen LogP) is 2.41. The Bertz CT molecular complexity index is 631. The summed E-state index contributed by atoms with van der Waals surface area (Å²) in [6, 6.07) is 6.80. The molecule has 7 heteroatoms. The van der Waals surface area contributed by atoms with Crippen molar-refractivity contribution in [2.75, 3.05) is 19.6 Å². The molecule has 0 spiro atoms. The number of carbonyl (C=O) groups excluding carboxylic acids is 1. The molecule has 5 nitrogen and oxygen atoms in total. The molecule has 0 radical (unpaired) electrons. The molecule has 0 unspecified atom stereocenters. The normalized spacial score (nSPS) is 19.5. The van der Waals surface area contributed by atoms with Crippen LogP contribution in [-0.4, -0.2) is 38.3 Å². The van der Waals surface area contributed by atoms with E-state index in [1.54, 1.807) is 24.3 Å². The number of hydrogen-bond donors (Lipinski definition) is 1. The summed E-state index contributed by atoms with van der Waals surface area (Å²) in [6.07, 6.45) is 2.32. The summed E-state index contributed by atoms with van der Waals surface area (Å²) in [5, 5.41) is 3.44. The van der Waals surface area contributed by atoms with Crippen LogP contribution in [0, 0.1) is 5.92 Å². The van der Waals surface area contributed by atoms with Gasteiger partial charge < -0.3 is 5.32 Å². The molecule has 0 aliphatic carbocycles. The highest BCUT2D eigenvalue weighted by atomic mass is 35.5. The molecule has 1 heterocycles. The molecule has 2 rings (SSSR count). The lowest BCUT2D eigenvalue weighted by molar-refractivity contribution is -0.126. The first-order chi connectivity index (χ1) is 10.9. The van der Waals surface area contributed by atoms with Gasteiger partial charge in [0.25, 0.3) is 0 Å². The van der Waals surface area contributed by atoms with Crippen molar-refractivity contribution in [2.24, 2.45) is 5.92 Å². The summed E-state index contributed by atoms with van der Waals surface area (Å²) in [5.74, 6) is -0.360. The van der Waals surface area contributed by atoms with Crippen LogP contribution >= 0.6 is 11.6 Å². The summed E-state index contributed by atoms with van der Waals surface area (Å²) in [6.45, 7) is 3.37. The lowest BCUT2D eigenvalue weighted by Gasteiger charge is -2.31. The number of carbonyl (C=O) groups is 1. The third-order valence-corrected chi connectivity index (χ3v) is 6.03. The van der Waals surface area contributed by atoms with Gasteiger partial charge in [0.05, 0.1) is 11.7 Å². The minimum Gasteiger partial charge on any atom is -0.356 e. The predicted molar refractivity (Wildman–Crippen MR) is 91.7 cm³/mol. The second-order valence-corrected chi connectivity index (χ2v) is 8.28. The monoisotopic (exact) mass is 358 g/mol. The summed E-state index contributed by atoms with van der Waals surface area (Å²) in [7, 11) is -3.43. The van der Waals surface area contributed by atoms with E-state index in [1.807, 2.05) is 6.92 Å². The molecule has 1 aromatic carbocycles. The lowest BCUT2D eigenvalue weighted by atomic mass is 9.99. The van der Waals surface area contributed by atoms with Gasteiger partial charge >= 0.3 is 0 Å². The first-order valence-electron chi connectivity index (χ1n) is 7.92. The van der Waals surface area contributed by atoms with Crippen molar-refractivity contribution in [3.63, 3.8) is 0 Å². The van der Waals surface area contributed by atoms with Gasteiger partial charge in [-0.25, -0.2) is 12.7 Å². The van der Waals surface area contributed by atoms with Crippen molar-refractivity contribution in [1.29, 1.82) is 0 Å². The van der Waals surface area contributed by atoms with E-state index in [-0.39, 0.29) is 24.1 Å². The van der Waals surface area contributed by atoms with Crippen LogP contribution in [0.4, 0.5) is 0 Å². The van der Waals surface area contributed by atoms with Crippen LogP contribution in [0.25, 0.3) is 0 Å². The van der Waals surface area contributed by atoms with Crippen molar-refractivity contribution in [3.8, 4) is 0 Å². The Morgan fingerprint density at radius 3 is 2.70 bits per heavy atom. The van der Waals surface area contributed by atoms with Gasteiger partial charge in [-0.05, 0) is 37.0 Å². The van der Waals surface area contributed by atoms with Crippen molar-refractivity contribution in [3.05, 3.63) is 34.9 Å². The lowest BCUT2D eigenvalue weighted by Crippen LogP contribution is -2.45. The molecule has 1 fully saturated rings. The zero-order valence-electron chi connectivity index (χ0n) is 13.3. The molecule has 1 aliphatic rings. The second kappa shape index (κ2) is 8.13. The molecule has 1 aliphatic heterocycles. The minimum atomic E-state index is -3.43. The Morgan fingerprint density at radius 2 is 2.04 bits per heavy atom. The highest BCUT2D eigenvalue weighted by molar-refractivity contribution is 7.88. The van der Waals surface area contributed by atoms with Crippen molar-refractivity contribution in [2.45, 2.75) is 31.9 Å². The molecular formula is C16H23ClN2O3S. The van der Waals surface area contributed by atoms with Gasteiger partial charge in [-0.3, -0.25) is 4.79 Å². The maximum Gasteiger partial charge on any atom is 0.224 e. The smallest absolute Gasteiger partial charge is 0.224 e. The molecule has 23 heavy (non-hydrogen) atoms. The van der Waals surface area contributed by atoms with Crippen LogP contribution < -0.4 is 5.32 Å². The number of hydrogen-bond acceptors (Lipinski definition) is 3. The van der Waals surface area contributed by atoms with Gasteiger partial charge in [0.15, 0.2) is 0 Å². The largest absolute Gasteiger partial charge is 0.356 e. The van der Waals surface area contributed by atoms with Gasteiger partial charge in [0.1, 0.15) is 0 Å². The van der Waals surface area contributed by atoms with Gasteiger partial charge in [-0.2, -0.15) is 0 Å². The van der Waals surface area contributed by atoms with Crippen LogP contribution in [0.1, 0.15) is 31.7 Å². The SMILES string of the molecule is CCCNC(=O)[C@@H]1CCCN(S(=O)(=O)Cc2ccc(Cl)cc2)C1. The molecule has 1 amide bonds. The molecular weight excluding hydrogens is 336 g/mol. The first-order valence-corrected chi connectivity index (χ1v) is 9.91. The highest BCUT2D eigenvalue weighted by Crippen LogP contribution is 2.22. The third-order valence-electron chi connectivity index (χ3n) is 3.96. The summed E-state index contributed by atoms with van der Waals surface area (Å²) in [4.78, 5) is 12.1. The van der Waals surface area contributed by atoms with E-state index in [0.717, 1.165) is 12.8 Å². The number of rotatable bonds is 6. The second-order valence-electron chi connectivity index (χ2n) is 5.87. The maximum absolute atomic E-state index is 12.6. The number of nitrogens with one attached hydrogen (secondary N) is 1. The van der Waals surface area contributed by atoms with Gasteiger partial charge in [0.2, 0.25) is 15.9 Å². The van der Waals surface area contributed by atoms with Crippen LogP contribution in [-0.2, 0) is 20.6 Å². The standard InChI is InChI=1S/C16H23ClN2O3S/c1-2-9-18-16(20)14-4-3-10-19(11-14)23(21,22)12-13-5-7-15(17)8-6-13/h5-8,14H,2-4,9-12H2,1H3,(H,18,20)/t14-/m1/s1. The van der Waals surface area contributed by atoms with Crippen LogP contribution in [0.15, 0.2) is 24.3 Å². The van der Waals surface area contributed by atoms with E-state index in [4.69, 9.17) is 11.6 Å². The van der Waals surface area contributed by atoms with E-state index < -0.39 is 10.0 Å². The third kappa shape index (κ3) is 5.19. The fourth-order valence-corrected chi connectivity index (χ4v) is 4.42. The van der Waals surface area contributed by atoms with Crippen LogP contribution in [0.3, 0.4) is 0 Å². The Hall–Kier alpha value is -1.11. The minimum absolute atomic E-state index is 0.0433. The molecule has 1 aromatic rings. The zero-order chi connectivity index (χ0) is 16.9. The number of halogens is 1. The quantitative estimate of drug-likeness (QED) is 0.849. The topological polar surface area (TPSA) is 66.5 Å². The van der Waals surface area contributed by atoms with E-state index in [0.29, 0.717) is 30.1 Å². The van der Waals surface area contributed by atoms with E-state index in [9.17, 15) is 13.2 Å². The Kier molecular flexibility index (Phi) is 6.44.